The van der Waals surface area contributed by atoms with Gasteiger partial charge in [0.25, 0.3) is 0 Å². The summed E-state index contributed by atoms with van der Waals surface area (Å²) in [5.41, 5.74) is 0.936. The number of aliphatic imine (C=N–C) groups is 1. The van der Waals surface area contributed by atoms with Gasteiger partial charge in [-0.25, -0.2) is 4.99 Å². The number of carbonyl (C=O) groups excluding carboxylic acids is 1. The summed E-state index contributed by atoms with van der Waals surface area (Å²) in [7, 11) is 1.59. The van der Waals surface area contributed by atoms with Crippen molar-refractivity contribution in [1.29, 1.82) is 0 Å². The number of rotatable bonds is 8. The maximum atomic E-state index is 11.6. The van der Waals surface area contributed by atoms with Crippen molar-refractivity contribution in [2.24, 2.45) is 4.99 Å². The molecule has 0 heterocycles. The van der Waals surface area contributed by atoms with Crippen molar-refractivity contribution in [3.63, 3.8) is 0 Å². The zero-order valence-electron chi connectivity index (χ0n) is 13.0. The molecule has 0 fully saturated rings. The number of benzene rings is 1. The molecule has 0 radical (unpaired) electrons. The minimum absolute atomic E-state index is 0.111. The predicted octanol–water partition coefficient (Wildman–Crippen LogP) is 1.16. The van der Waals surface area contributed by atoms with Crippen molar-refractivity contribution in [3.05, 3.63) is 34.9 Å². The molecule has 1 rings (SSSR count). The maximum Gasteiger partial charge on any atom is 0.239 e. The second-order valence-corrected chi connectivity index (χ2v) is 4.89. The summed E-state index contributed by atoms with van der Waals surface area (Å²) in [6.45, 7) is 4.25. The molecule has 0 bridgehead atoms. The van der Waals surface area contributed by atoms with Gasteiger partial charge in [-0.05, 0) is 18.6 Å². The highest BCUT2D eigenvalue weighted by atomic mass is 35.5. The summed E-state index contributed by atoms with van der Waals surface area (Å²) in [4.78, 5) is 16.0. The molecule has 0 spiro atoms. The summed E-state index contributed by atoms with van der Waals surface area (Å²) >= 11 is 6.10. The van der Waals surface area contributed by atoms with Crippen LogP contribution in [0.15, 0.2) is 29.3 Å². The van der Waals surface area contributed by atoms with Crippen LogP contribution < -0.4 is 16.0 Å². The fourth-order valence-electron chi connectivity index (χ4n) is 1.65. The van der Waals surface area contributed by atoms with Crippen LogP contribution in [-0.4, -0.2) is 45.2 Å². The monoisotopic (exact) mass is 326 g/mol. The molecular weight excluding hydrogens is 304 g/mol. The molecule has 7 heteroatoms. The number of ether oxygens (including phenoxy) is 1. The summed E-state index contributed by atoms with van der Waals surface area (Å²) in [5, 5.41) is 9.48. The molecule has 6 nitrogen and oxygen atoms in total. The van der Waals surface area contributed by atoms with E-state index in [1.807, 2.05) is 31.2 Å². The van der Waals surface area contributed by atoms with E-state index in [4.69, 9.17) is 16.3 Å². The molecule has 0 aromatic heterocycles. The van der Waals surface area contributed by atoms with Gasteiger partial charge in [-0.1, -0.05) is 29.8 Å². The highest BCUT2D eigenvalue weighted by Gasteiger charge is 2.04. The van der Waals surface area contributed by atoms with E-state index in [1.165, 1.54) is 0 Å². The second-order valence-electron chi connectivity index (χ2n) is 4.48. The molecular formula is C15H23ClN4O2. The lowest BCUT2D eigenvalue weighted by molar-refractivity contribution is -0.120. The van der Waals surface area contributed by atoms with Gasteiger partial charge in [0.05, 0.1) is 19.7 Å². The van der Waals surface area contributed by atoms with Gasteiger partial charge in [0.1, 0.15) is 0 Å². The lowest BCUT2D eigenvalue weighted by Gasteiger charge is -2.11. The number of methoxy groups -OCH3 is 1. The Morgan fingerprint density at radius 2 is 2.05 bits per heavy atom. The van der Waals surface area contributed by atoms with Crippen LogP contribution in [0.1, 0.15) is 12.5 Å². The Hall–Kier alpha value is -1.79. The van der Waals surface area contributed by atoms with Crippen molar-refractivity contribution in [2.45, 2.75) is 13.5 Å². The van der Waals surface area contributed by atoms with E-state index in [-0.39, 0.29) is 12.5 Å². The Labute approximate surface area is 136 Å². The van der Waals surface area contributed by atoms with Crippen molar-refractivity contribution < 1.29 is 9.53 Å². The molecule has 0 aliphatic rings. The first-order valence-electron chi connectivity index (χ1n) is 7.18. The highest BCUT2D eigenvalue weighted by Crippen LogP contribution is 2.15. The number of nitrogens with one attached hydrogen (secondary N) is 3. The van der Waals surface area contributed by atoms with E-state index in [1.54, 1.807) is 7.11 Å². The standard InChI is InChI=1S/C15H23ClN4O2/c1-3-17-15(20-11-14(21)18-8-9-22-2)19-10-12-6-4-5-7-13(12)16/h4-7H,3,8-11H2,1-2H3,(H,18,21)(H2,17,19,20). The Morgan fingerprint density at radius 1 is 1.27 bits per heavy atom. The Bertz CT molecular complexity index is 494. The topological polar surface area (TPSA) is 74.8 Å². The number of hydrogen-bond acceptors (Lipinski definition) is 3. The maximum absolute atomic E-state index is 11.6. The molecule has 0 atom stereocenters. The van der Waals surface area contributed by atoms with E-state index < -0.39 is 0 Å². The molecule has 0 aliphatic carbocycles. The van der Waals surface area contributed by atoms with Crippen LogP contribution in [-0.2, 0) is 16.1 Å². The van der Waals surface area contributed by atoms with Crippen LogP contribution in [0, 0.1) is 0 Å². The average molecular weight is 327 g/mol. The molecule has 1 amide bonds. The molecule has 122 valence electrons. The normalized spacial score (nSPS) is 11.1. The Kier molecular flexibility index (Phi) is 9.02. The van der Waals surface area contributed by atoms with Gasteiger partial charge in [-0.2, -0.15) is 0 Å². The zero-order chi connectivity index (χ0) is 16.2. The van der Waals surface area contributed by atoms with Crippen LogP contribution in [0.3, 0.4) is 0 Å². The van der Waals surface area contributed by atoms with Crippen molar-refractivity contribution in [3.8, 4) is 0 Å². The van der Waals surface area contributed by atoms with Crippen LogP contribution in [0.2, 0.25) is 5.02 Å². The number of halogens is 1. The van der Waals surface area contributed by atoms with E-state index in [9.17, 15) is 4.79 Å². The van der Waals surface area contributed by atoms with Crippen LogP contribution in [0.4, 0.5) is 0 Å². The van der Waals surface area contributed by atoms with E-state index in [0.29, 0.717) is 37.2 Å². The number of amides is 1. The van der Waals surface area contributed by atoms with Gasteiger partial charge in [0.2, 0.25) is 5.91 Å². The van der Waals surface area contributed by atoms with Gasteiger partial charge in [-0.3, -0.25) is 4.79 Å². The van der Waals surface area contributed by atoms with Crippen molar-refractivity contribution in [2.75, 3.05) is 33.4 Å². The molecule has 0 saturated carbocycles. The van der Waals surface area contributed by atoms with E-state index in [2.05, 4.69) is 20.9 Å². The third-order valence-electron chi connectivity index (χ3n) is 2.75. The van der Waals surface area contributed by atoms with Crippen LogP contribution in [0.25, 0.3) is 0 Å². The lowest BCUT2D eigenvalue weighted by atomic mass is 10.2. The summed E-state index contributed by atoms with van der Waals surface area (Å²) in [6.07, 6.45) is 0. The van der Waals surface area contributed by atoms with Gasteiger partial charge >= 0.3 is 0 Å². The first-order valence-corrected chi connectivity index (χ1v) is 7.56. The summed E-state index contributed by atoms with van der Waals surface area (Å²) < 4.78 is 4.87. The molecule has 3 N–H and O–H groups in total. The molecule has 0 aliphatic heterocycles. The van der Waals surface area contributed by atoms with Gasteiger partial charge in [-0.15, -0.1) is 0 Å². The number of hydrogen-bond donors (Lipinski definition) is 3. The predicted molar refractivity (Wildman–Crippen MR) is 89.2 cm³/mol. The average Bonchev–Trinajstić information content (AvgIpc) is 2.51. The molecule has 0 saturated heterocycles. The Morgan fingerprint density at radius 3 is 2.73 bits per heavy atom. The van der Waals surface area contributed by atoms with Gasteiger partial charge in [0.15, 0.2) is 5.96 Å². The quantitative estimate of drug-likeness (QED) is 0.381. The second kappa shape index (κ2) is 10.9. The highest BCUT2D eigenvalue weighted by molar-refractivity contribution is 6.31. The first-order chi connectivity index (χ1) is 10.7. The van der Waals surface area contributed by atoms with Crippen LogP contribution in [0.5, 0.6) is 0 Å². The molecule has 1 aromatic rings. The van der Waals surface area contributed by atoms with E-state index >= 15 is 0 Å². The van der Waals surface area contributed by atoms with Crippen LogP contribution >= 0.6 is 11.6 Å². The molecule has 1 aromatic carbocycles. The van der Waals surface area contributed by atoms with Crippen molar-refractivity contribution in [1.82, 2.24) is 16.0 Å². The first kappa shape index (κ1) is 18.3. The largest absolute Gasteiger partial charge is 0.383 e. The fourth-order valence-corrected chi connectivity index (χ4v) is 1.85. The SMILES string of the molecule is CCNC(=NCc1ccccc1Cl)NCC(=O)NCCOC. The smallest absolute Gasteiger partial charge is 0.239 e. The molecule has 22 heavy (non-hydrogen) atoms. The van der Waals surface area contributed by atoms with E-state index in [0.717, 1.165) is 5.56 Å². The summed E-state index contributed by atoms with van der Waals surface area (Å²) in [6, 6.07) is 7.55. The zero-order valence-corrected chi connectivity index (χ0v) is 13.7. The fraction of sp³-hybridized carbons (Fsp3) is 0.467. The van der Waals surface area contributed by atoms with Gasteiger partial charge < -0.3 is 20.7 Å². The minimum atomic E-state index is -0.111. The number of nitrogens with zero attached hydrogens (tertiary/aromatic N) is 1. The lowest BCUT2D eigenvalue weighted by Crippen LogP contribution is -2.43. The Balaban J connectivity index is 2.48. The third kappa shape index (κ3) is 7.28. The third-order valence-corrected chi connectivity index (χ3v) is 3.12. The number of guanidine groups is 1. The summed E-state index contributed by atoms with van der Waals surface area (Å²) in [5.74, 6) is 0.463. The van der Waals surface area contributed by atoms with Gasteiger partial charge in [0, 0.05) is 25.2 Å². The minimum Gasteiger partial charge on any atom is -0.383 e. The van der Waals surface area contributed by atoms with Crippen molar-refractivity contribution >= 4 is 23.5 Å². The number of carbonyl (C=O) groups is 1. The molecule has 0 unspecified atom stereocenters.